The van der Waals surface area contributed by atoms with Crippen LogP contribution in [-0.4, -0.2) is 40.4 Å². The summed E-state index contributed by atoms with van der Waals surface area (Å²) in [5.41, 5.74) is 1.22. The fourth-order valence-corrected chi connectivity index (χ4v) is 3.07. The van der Waals surface area contributed by atoms with Crippen LogP contribution in [0.2, 0.25) is 0 Å². The number of hydrogen-bond donors (Lipinski definition) is 1. The molecule has 0 aromatic carbocycles. The van der Waals surface area contributed by atoms with Crippen LogP contribution < -0.4 is 5.32 Å². The van der Waals surface area contributed by atoms with Gasteiger partial charge in [-0.15, -0.1) is 0 Å². The van der Waals surface area contributed by atoms with E-state index < -0.39 is 0 Å². The van der Waals surface area contributed by atoms with Gasteiger partial charge in [0.2, 0.25) is 0 Å². The van der Waals surface area contributed by atoms with Crippen molar-refractivity contribution in [1.82, 2.24) is 14.7 Å². The van der Waals surface area contributed by atoms with E-state index in [4.69, 9.17) is 0 Å². The highest BCUT2D eigenvalue weighted by atomic mass is 15.3. The van der Waals surface area contributed by atoms with Crippen molar-refractivity contribution in [2.45, 2.75) is 52.1 Å². The minimum atomic E-state index is 0.718. The van der Waals surface area contributed by atoms with Gasteiger partial charge in [-0.2, -0.15) is 5.10 Å². The Bertz CT molecular complexity index is 404. The van der Waals surface area contributed by atoms with Crippen molar-refractivity contribution in [3.05, 3.63) is 12.4 Å². The second-order valence-electron chi connectivity index (χ2n) is 6.36. The lowest BCUT2D eigenvalue weighted by molar-refractivity contribution is 0.285. The summed E-state index contributed by atoms with van der Waals surface area (Å²) in [7, 11) is 0. The fourth-order valence-electron chi connectivity index (χ4n) is 3.07. The predicted octanol–water partition coefficient (Wildman–Crippen LogP) is 2.83. The number of aromatic nitrogens is 2. The molecular weight excluding hydrogens is 248 g/mol. The molecule has 3 rings (SSSR count). The van der Waals surface area contributed by atoms with Crippen molar-refractivity contribution in [1.29, 1.82) is 0 Å². The summed E-state index contributed by atoms with van der Waals surface area (Å²) in [6.45, 7) is 8.75. The minimum absolute atomic E-state index is 0.718. The molecule has 1 heterocycles. The Balaban J connectivity index is 1.50. The lowest BCUT2D eigenvalue weighted by atomic mass is 10.1. The molecule has 1 aromatic rings. The molecule has 20 heavy (non-hydrogen) atoms. The van der Waals surface area contributed by atoms with Crippen molar-refractivity contribution in [2.24, 2.45) is 11.8 Å². The van der Waals surface area contributed by atoms with Gasteiger partial charge in [0.15, 0.2) is 0 Å². The zero-order chi connectivity index (χ0) is 13.9. The van der Waals surface area contributed by atoms with Crippen LogP contribution in [0.3, 0.4) is 0 Å². The van der Waals surface area contributed by atoms with Gasteiger partial charge in [-0.1, -0.05) is 13.8 Å². The third-order valence-electron chi connectivity index (χ3n) is 4.77. The van der Waals surface area contributed by atoms with Crippen molar-refractivity contribution in [2.75, 3.05) is 25.0 Å². The van der Waals surface area contributed by atoms with Crippen molar-refractivity contribution in [3.8, 4) is 0 Å². The average molecular weight is 276 g/mol. The lowest BCUT2D eigenvalue weighted by Crippen LogP contribution is -2.27. The number of hydrogen-bond acceptors (Lipinski definition) is 3. The Labute approximate surface area is 122 Å². The highest BCUT2D eigenvalue weighted by Gasteiger charge is 2.41. The molecule has 2 aliphatic carbocycles. The molecule has 1 aromatic heterocycles. The summed E-state index contributed by atoms with van der Waals surface area (Å²) in [6, 6.07) is 0.718. The number of anilines is 1. The van der Waals surface area contributed by atoms with Crippen LogP contribution in [0.15, 0.2) is 12.4 Å². The van der Waals surface area contributed by atoms with E-state index in [0.29, 0.717) is 0 Å². The van der Waals surface area contributed by atoms with Gasteiger partial charge in [0, 0.05) is 18.8 Å². The summed E-state index contributed by atoms with van der Waals surface area (Å²) in [6.07, 6.45) is 9.87. The first-order valence-corrected chi connectivity index (χ1v) is 8.31. The standard InChI is InChI=1S/C16H28N4/c1-3-19(4-2)9-10-20-12-15(11-17-20)18-16(13-5-6-13)14-7-8-14/h11-14,16,18H,3-10H2,1-2H3. The molecule has 2 aliphatic rings. The molecule has 0 atom stereocenters. The smallest absolute Gasteiger partial charge is 0.0728 e. The van der Waals surface area contributed by atoms with Gasteiger partial charge >= 0.3 is 0 Å². The molecule has 0 bridgehead atoms. The summed E-state index contributed by atoms with van der Waals surface area (Å²) in [5.74, 6) is 1.86. The van der Waals surface area contributed by atoms with Crippen LogP contribution in [0.4, 0.5) is 5.69 Å². The number of rotatable bonds is 9. The molecule has 4 nitrogen and oxygen atoms in total. The molecule has 0 aliphatic heterocycles. The summed E-state index contributed by atoms with van der Waals surface area (Å²) >= 11 is 0. The maximum atomic E-state index is 4.50. The normalized spacial score (nSPS) is 19.0. The quantitative estimate of drug-likeness (QED) is 0.753. The van der Waals surface area contributed by atoms with Crippen LogP contribution in [0.1, 0.15) is 39.5 Å². The Kier molecular flexibility index (Phi) is 4.29. The van der Waals surface area contributed by atoms with Gasteiger partial charge in [0.25, 0.3) is 0 Å². The van der Waals surface area contributed by atoms with Crippen LogP contribution >= 0.6 is 0 Å². The molecule has 4 heteroatoms. The summed E-state index contributed by atoms with van der Waals surface area (Å²) in [4.78, 5) is 2.44. The zero-order valence-electron chi connectivity index (χ0n) is 12.9. The number of likely N-dealkylation sites (N-methyl/N-ethyl adjacent to an activating group) is 1. The van der Waals surface area contributed by atoms with E-state index in [2.05, 4.69) is 40.0 Å². The molecule has 0 radical (unpaired) electrons. The van der Waals surface area contributed by atoms with Crippen molar-refractivity contribution >= 4 is 5.69 Å². The van der Waals surface area contributed by atoms with Crippen LogP contribution in [0.5, 0.6) is 0 Å². The predicted molar refractivity (Wildman–Crippen MR) is 82.9 cm³/mol. The van der Waals surface area contributed by atoms with Crippen LogP contribution in [0, 0.1) is 11.8 Å². The lowest BCUT2D eigenvalue weighted by Gasteiger charge is -2.18. The molecule has 0 spiro atoms. The van der Waals surface area contributed by atoms with E-state index in [1.54, 1.807) is 0 Å². The van der Waals surface area contributed by atoms with Gasteiger partial charge in [-0.25, -0.2) is 0 Å². The Morgan fingerprint density at radius 1 is 1.25 bits per heavy atom. The highest BCUT2D eigenvalue weighted by molar-refractivity contribution is 5.40. The third-order valence-corrected chi connectivity index (χ3v) is 4.77. The van der Waals surface area contributed by atoms with Gasteiger partial charge in [-0.3, -0.25) is 4.68 Å². The highest BCUT2D eigenvalue weighted by Crippen LogP contribution is 2.45. The SMILES string of the molecule is CCN(CC)CCn1cc(NC(C2CC2)C2CC2)cn1. The average Bonchev–Trinajstić information content (AvgIpc) is 3.37. The Morgan fingerprint density at radius 3 is 2.45 bits per heavy atom. The first-order chi connectivity index (χ1) is 9.80. The summed E-state index contributed by atoms with van der Waals surface area (Å²) < 4.78 is 2.08. The maximum Gasteiger partial charge on any atom is 0.0728 e. The fraction of sp³-hybridized carbons (Fsp3) is 0.812. The van der Waals surface area contributed by atoms with E-state index in [-0.39, 0.29) is 0 Å². The molecule has 1 N–H and O–H groups in total. The summed E-state index contributed by atoms with van der Waals surface area (Å²) in [5, 5.41) is 8.24. The van der Waals surface area contributed by atoms with E-state index in [1.165, 1.54) is 31.4 Å². The Hall–Kier alpha value is -1.03. The van der Waals surface area contributed by atoms with Gasteiger partial charge in [0.05, 0.1) is 18.4 Å². The zero-order valence-corrected chi connectivity index (χ0v) is 12.9. The van der Waals surface area contributed by atoms with Crippen molar-refractivity contribution in [3.63, 3.8) is 0 Å². The van der Waals surface area contributed by atoms with E-state index in [0.717, 1.165) is 44.1 Å². The van der Waals surface area contributed by atoms with E-state index in [1.807, 2.05) is 6.20 Å². The van der Waals surface area contributed by atoms with Gasteiger partial charge < -0.3 is 10.2 Å². The molecular formula is C16H28N4. The third kappa shape index (κ3) is 3.54. The van der Waals surface area contributed by atoms with Gasteiger partial charge in [0.1, 0.15) is 0 Å². The van der Waals surface area contributed by atoms with Gasteiger partial charge in [-0.05, 0) is 50.6 Å². The van der Waals surface area contributed by atoms with E-state index >= 15 is 0 Å². The monoisotopic (exact) mass is 276 g/mol. The van der Waals surface area contributed by atoms with Crippen LogP contribution in [-0.2, 0) is 6.54 Å². The topological polar surface area (TPSA) is 33.1 Å². The largest absolute Gasteiger partial charge is 0.379 e. The molecule has 112 valence electrons. The minimum Gasteiger partial charge on any atom is -0.379 e. The number of nitrogens with one attached hydrogen (secondary N) is 1. The molecule has 0 saturated heterocycles. The van der Waals surface area contributed by atoms with Crippen LogP contribution in [0.25, 0.3) is 0 Å². The second-order valence-corrected chi connectivity index (χ2v) is 6.36. The first kappa shape index (κ1) is 13.9. The molecule has 2 saturated carbocycles. The second kappa shape index (κ2) is 6.17. The maximum absolute atomic E-state index is 4.50. The molecule has 0 amide bonds. The molecule has 0 unspecified atom stereocenters. The van der Waals surface area contributed by atoms with Crippen molar-refractivity contribution < 1.29 is 0 Å². The molecule has 2 fully saturated rings. The Morgan fingerprint density at radius 2 is 1.90 bits per heavy atom. The van der Waals surface area contributed by atoms with E-state index in [9.17, 15) is 0 Å². The number of nitrogens with zero attached hydrogens (tertiary/aromatic N) is 3. The first-order valence-electron chi connectivity index (χ1n) is 8.31.